The van der Waals surface area contributed by atoms with E-state index in [0.29, 0.717) is 12.1 Å². The van der Waals surface area contributed by atoms with Gasteiger partial charge < -0.3 is 10.2 Å². The third-order valence-electron chi connectivity index (χ3n) is 5.10. The van der Waals surface area contributed by atoms with Gasteiger partial charge in [-0.1, -0.05) is 12.1 Å². The molecule has 1 N–H and O–H groups in total. The first-order chi connectivity index (χ1) is 11.2. The first-order valence-electron chi connectivity index (χ1n) is 8.33. The van der Waals surface area contributed by atoms with Crippen LogP contribution in [0.4, 0.5) is 10.5 Å². The fourth-order valence-corrected chi connectivity index (χ4v) is 3.86. The van der Waals surface area contributed by atoms with E-state index in [1.807, 2.05) is 35.4 Å². The summed E-state index contributed by atoms with van der Waals surface area (Å²) in [7, 11) is 0. The van der Waals surface area contributed by atoms with Crippen molar-refractivity contribution >= 4 is 11.7 Å². The molecule has 1 aromatic carbocycles. The molecule has 4 heteroatoms. The number of hydrogen-bond donors (Lipinski definition) is 1. The minimum Gasteiger partial charge on any atom is -0.318 e. The molecule has 4 nitrogen and oxygen atoms in total. The molecule has 0 spiro atoms. The normalized spacial score (nSPS) is 22.4. The lowest BCUT2D eigenvalue weighted by molar-refractivity contribution is 0.0173. The zero-order valence-electron chi connectivity index (χ0n) is 13.3. The van der Waals surface area contributed by atoms with E-state index >= 15 is 0 Å². The van der Waals surface area contributed by atoms with E-state index in [4.69, 9.17) is 0 Å². The largest absolute Gasteiger partial charge is 0.322 e. The molecule has 4 rings (SSSR count). The Morgan fingerprint density at radius 2 is 2.09 bits per heavy atom. The maximum absolute atomic E-state index is 12.5. The zero-order valence-corrected chi connectivity index (χ0v) is 13.3. The third kappa shape index (κ3) is 2.58. The van der Waals surface area contributed by atoms with Crippen LogP contribution in [0.15, 0.2) is 42.7 Å². The Morgan fingerprint density at radius 1 is 1.26 bits per heavy atom. The SMILES string of the molecule is Cc1ccc(NC(=O)N2C3CCCC2C3)cc1-c1cccnc1. The Balaban J connectivity index is 1.55. The number of nitrogens with zero attached hydrogens (tertiary/aromatic N) is 2. The standard InChI is InChI=1S/C19H21N3O/c1-13-7-8-15(10-18(13)14-4-3-9-20-12-14)21-19(23)22-16-5-2-6-17(22)11-16/h3-4,7-10,12,16-17H,2,5-6,11H2,1H3,(H,21,23). The summed E-state index contributed by atoms with van der Waals surface area (Å²) >= 11 is 0. The Kier molecular flexibility index (Phi) is 3.52. The smallest absolute Gasteiger partial charge is 0.318 e. The van der Waals surface area contributed by atoms with Crippen LogP contribution in [-0.4, -0.2) is 28.0 Å². The maximum atomic E-state index is 12.5. The number of benzene rings is 1. The number of carbonyl (C=O) groups is 1. The highest BCUT2D eigenvalue weighted by Gasteiger charge is 2.44. The van der Waals surface area contributed by atoms with Crippen LogP contribution in [0.5, 0.6) is 0 Å². The molecule has 2 atom stereocenters. The summed E-state index contributed by atoms with van der Waals surface area (Å²) in [6.45, 7) is 2.08. The Hall–Kier alpha value is -2.36. The topological polar surface area (TPSA) is 45.2 Å². The molecule has 1 aromatic heterocycles. The Labute approximate surface area is 136 Å². The number of nitrogens with one attached hydrogen (secondary N) is 1. The number of urea groups is 1. The number of fused-ring (bicyclic) bond motifs is 2. The second-order valence-electron chi connectivity index (χ2n) is 6.58. The molecule has 2 amide bonds. The van der Waals surface area contributed by atoms with Gasteiger partial charge in [0.25, 0.3) is 0 Å². The molecule has 2 saturated heterocycles. The van der Waals surface area contributed by atoms with Crippen molar-refractivity contribution in [2.24, 2.45) is 0 Å². The number of rotatable bonds is 2. The van der Waals surface area contributed by atoms with Crippen molar-refractivity contribution in [2.75, 3.05) is 5.32 Å². The van der Waals surface area contributed by atoms with Gasteiger partial charge in [-0.3, -0.25) is 4.98 Å². The van der Waals surface area contributed by atoms with Gasteiger partial charge in [0.2, 0.25) is 0 Å². The molecule has 0 radical (unpaired) electrons. The van der Waals surface area contributed by atoms with Gasteiger partial charge in [0.1, 0.15) is 0 Å². The van der Waals surface area contributed by atoms with Crippen LogP contribution < -0.4 is 5.32 Å². The van der Waals surface area contributed by atoms with Crippen LogP contribution in [0.3, 0.4) is 0 Å². The number of carbonyl (C=O) groups excluding carboxylic acids is 1. The fraction of sp³-hybridized carbons (Fsp3) is 0.368. The van der Waals surface area contributed by atoms with Gasteiger partial charge in [0.05, 0.1) is 0 Å². The van der Waals surface area contributed by atoms with E-state index in [1.54, 1.807) is 6.20 Å². The van der Waals surface area contributed by atoms with Crippen molar-refractivity contribution in [2.45, 2.75) is 44.7 Å². The van der Waals surface area contributed by atoms with Crippen LogP contribution in [0, 0.1) is 6.92 Å². The molecule has 0 aliphatic carbocycles. The monoisotopic (exact) mass is 307 g/mol. The third-order valence-corrected chi connectivity index (χ3v) is 5.10. The second-order valence-corrected chi connectivity index (χ2v) is 6.58. The van der Waals surface area contributed by atoms with Gasteiger partial charge >= 0.3 is 6.03 Å². The minimum absolute atomic E-state index is 0.0481. The molecule has 2 aliphatic rings. The van der Waals surface area contributed by atoms with E-state index in [-0.39, 0.29) is 6.03 Å². The van der Waals surface area contributed by atoms with Gasteiger partial charge in [-0.2, -0.15) is 0 Å². The molecule has 2 aliphatic heterocycles. The molecular weight excluding hydrogens is 286 g/mol. The molecule has 23 heavy (non-hydrogen) atoms. The average molecular weight is 307 g/mol. The highest BCUT2D eigenvalue weighted by molar-refractivity contribution is 5.91. The molecule has 0 saturated carbocycles. The lowest BCUT2D eigenvalue weighted by Crippen LogP contribution is -2.62. The second kappa shape index (κ2) is 5.69. The lowest BCUT2D eigenvalue weighted by atomic mass is 9.80. The number of anilines is 1. The van der Waals surface area contributed by atoms with Gasteiger partial charge in [0, 0.05) is 35.7 Å². The average Bonchev–Trinajstić information content (AvgIpc) is 2.58. The fourth-order valence-electron chi connectivity index (χ4n) is 3.86. The number of aryl methyl sites for hydroxylation is 1. The number of pyridine rings is 1. The quantitative estimate of drug-likeness (QED) is 0.903. The first-order valence-corrected chi connectivity index (χ1v) is 8.33. The van der Waals surface area contributed by atoms with Crippen molar-refractivity contribution in [1.29, 1.82) is 0 Å². The summed E-state index contributed by atoms with van der Waals surface area (Å²) < 4.78 is 0. The van der Waals surface area contributed by atoms with E-state index in [0.717, 1.165) is 29.7 Å². The lowest BCUT2D eigenvalue weighted by Gasteiger charge is -2.52. The predicted octanol–water partition coefficient (Wildman–Crippen LogP) is 4.22. The van der Waals surface area contributed by atoms with E-state index in [2.05, 4.69) is 23.3 Å². The zero-order chi connectivity index (χ0) is 15.8. The summed E-state index contributed by atoms with van der Waals surface area (Å²) in [5.41, 5.74) is 4.21. The predicted molar refractivity (Wildman–Crippen MR) is 91.3 cm³/mol. The van der Waals surface area contributed by atoms with Crippen molar-refractivity contribution in [1.82, 2.24) is 9.88 Å². The highest BCUT2D eigenvalue weighted by Crippen LogP contribution is 2.38. The molecule has 2 fully saturated rings. The summed E-state index contributed by atoms with van der Waals surface area (Å²) in [5.74, 6) is 0. The number of amides is 2. The van der Waals surface area contributed by atoms with Gasteiger partial charge in [-0.15, -0.1) is 0 Å². The highest BCUT2D eigenvalue weighted by atomic mass is 16.2. The van der Waals surface area contributed by atoms with Gasteiger partial charge in [-0.05, 0) is 61.9 Å². The number of aromatic nitrogens is 1. The van der Waals surface area contributed by atoms with E-state index in [9.17, 15) is 4.79 Å². The molecule has 3 heterocycles. The minimum atomic E-state index is 0.0481. The summed E-state index contributed by atoms with van der Waals surface area (Å²) in [6, 6.07) is 11.0. The first kappa shape index (κ1) is 14.2. The van der Waals surface area contributed by atoms with Crippen LogP contribution in [0.25, 0.3) is 11.1 Å². The summed E-state index contributed by atoms with van der Waals surface area (Å²) in [6.07, 6.45) is 8.37. The van der Waals surface area contributed by atoms with Gasteiger partial charge in [-0.25, -0.2) is 4.79 Å². The molecule has 2 aromatic rings. The van der Waals surface area contributed by atoms with Crippen molar-refractivity contribution < 1.29 is 4.79 Å². The van der Waals surface area contributed by atoms with Crippen LogP contribution in [-0.2, 0) is 0 Å². The summed E-state index contributed by atoms with van der Waals surface area (Å²) in [5, 5.41) is 3.08. The van der Waals surface area contributed by atoms with Gasteiger partial charge in [0.15, 0.2) is 0 Å². The van der Waals surface area contributed by atoms with Crippen molar-refractivity contribution in [3.63, 3.8) is 0 Å². The number of piperidine rings is 1. The molecule has 118 valence electrons. The van der Waals surface area contributed by atoms with Crippen LogP contribution in [0.1, 0.15) is 31.2 Å². The molecular formula is C19H21N3O. The Bertz CT molecular complexity index is 715. The van der Waals surface area contributed by atoms with Crippen LogP contribution >= 0.6 is 0 Å². The Morgan fingerprint density at radius 3 is 2.78 bits per heavy atom. The van der Waals surface area contributed by atoms with E-state index in [1.165, 1.54) is 18.4 Å². The maximum Gasteiger partial charge on any atom is 0.322 e. The van der Waals surface area contributed by atoms with Crippen LogP contribution in [0.2, 0.25) is 0 Å². The summed E-state index contributed by atoms with van der Waals surface area (Å²) in [4.78, 5) is 18.8. The number of hydrogen-bond acceptors (Lipinski definition) is 2. The van der Waals surface area contributed by atoms with E-state index < -0.39 is 0 Å². The van der Waals surface area contributed by atoms with Crippen molar-refractivity contribution in [3.8, 4) is 11.1 Å². The molecule has 2 bridgehead atoms. The van der Waals surface area contributed by atoms with Crippen molar-refractivity contribution in [3.05, 3.63) is 48.3 Å². The molecule has 2 unspecified atom stereocenters.